The number of ether oxygens (including phenoxy) is 1. The number of nitrogens with one attached hydrogen (secondary N) is 1. The van der Waals surface area contributed by atoms with Crippen LogP contribution in [0.2, 0.25) is 5.02 Å². The molecule has 2 atom stereocenters. The molecule has 134 valence electrons. The third-order valence-corrected chi connectivity index (χ3v) is 5.20. The van der Waals surface area contributed by atoms with E-state index < -0.39 is 5.82 Å². The van der Waals surface area contributed by atoms with Crippen molar-refractivity contribution in [3.8, 4) is 5.75 Å². The zero-order valence-electron chi connectivity index (χ0n) is 14.3. The van der Waals surface area contributed by atoms with E-state index in [-0.39, 0.29) is 29.5 Å². The molecular formula is C18H26ClFN2O2. The highest BCUT2D eigenvalue weighted by atomic mass is 35.5. The predicted octanol–water partition coefficient (Wildman–Crippen LogP) is 3.35. The molecular weight excluding hydrogens is 331 g/mol. The van der Waals surface area contributed by atoms with E-state index in [4.69, 9.17) is 21.4 Å². The van der Waals surface area contributed by atoms with Crippen LogP contribution in [0, 0.1) is 5.82 Å². The molecule has 1 saturated carbocycles. The number of benzene rings is 1. The molecule has 0 unspecified atom stereocenters. The number of fused-ring (bicyclic) bond motifs is 1. The molecule has 0 spiro atoms. The van der Waals surface area contributed by atoms with Crippen molar-refractivity contribution in [3.05, 3.63) is 23.0 Å². The van der Waals surface area contributed by atoms with Crippen molar-refractivity contribution in [2.24, 2.45) is 0 Å². The van der Waals surface area contributed by atoms with Crippen LogP contribution < -0.4 is 15.0 Å². The molecule has 4 nitrogen and oxygen atoms in total. The highest BCUT2D eigenvalue weighted by Gasteiger charge is 2.40. The maximum Gasteiger partial charge on any atom is 0.173 e. The number of aliphatic hydroxyl groups is 1. The second-order valence-corrected chi connectivity index (χ2v) is 7.83. The van der Waals surface area contributed by atoms with Gasteiger partial charge in [0.1, 0.15) is 6.61 Å². The molecule has 0 bridgehead atoms. The van der Waals surface area contributed by atoms with Gasteiger partial charge in [-0.15, -0.1) is 0 Å². The maximum atomic E-state index is 14.5. The predicted molar refractivity (Wildman–Crippen MR) is 94.6 cm³/mol. The highest BCUT2D eigenvalue weighted by molar-refractivity contribution is 6.32. The first-order valence-electron chi connectivity index (χ1n) is 8.68. The number of nitrogens with zero attached hydrogens (tertiary/aromatic N) is 1. The number of halogens is 2. The largest absolute Gasteiger partial charge is 0.487 e. The first-order chi connectivity index (χ1) is 11.4. The molecule has 1 heterocycles. The lowest BCUT2D eigenvalue weighted by Gasteiger charge is -2.52. The summed E-state index contributed by atoms with van der Waals surface area (Å²) >= 11 is 6.25. The maximum absolute atomic E-state index is 14.5. The van der Waals surface area contributed by atoms with E-state index in [0.717, 1.165) is 25.1 Å². The average molecular weight is 357 g/mol. The Kier molecular flexibility index (Phi) is 5.23. The van der Waals surface area contributed by atoms with Crippen molar-refractivity contribution in [2.45, 2.75) is 57.2 Å². The molecule has 1 aliphatic heterocycles. The van der Waals surface area contributed by atoms with Gasteiger partial charge >= 0.3 is 0 Å². The second-order valence-electron chi connectivity index (χ2n) is 7.43. The van der Waals surface area contributed by atoms with Crippen molar-refractivity contribution in [1.82, 2.24) is 5.32 Å². The molecule has 0 radical (unpaired) electrons. The number of anilines is 1. The molecule has 2 N–H and O–H groups in total. The summed E-state index contributed by atoms with van der Waals surface area (Å²) in [6.07, 6.45) is 4.70. The van der Waals surface area contributed by atoms with Gasteiger partial charge in [-0.1, -0.05) is 24.4 Å². The number of piperazine rings is 1. The summed E-state index contributed by atoms with van der Waals surface area (Å²) in [5.74, 6) is -0.460. The minimum absolute atomic E-state index is 0.0176. The minimum Gasteiger partial charge on any atom is -0.487 e. The Morgan fingerprint density at radius 1 is 1.38 bits per heavy atom. The van der Waals surface area contributed by atoms with E-state index in [1.807, 2.05) is 0 Å². The van der Waals surface area contributed by atoms with Crippen LogP contribution in [0.5, 0.6) is 5.75 Å². The second kappa shape index (κ2) is 7.06. The lowest BCUT2D eigenvalue weighted by molar-refractivity contribution is 0.195. The van der Waals surface area contributed by atoms with Crippen LogP contribution in [0.15, 0.2) is 12.1 Å². The molecule has 0 aromatic heterocycles. The lowest BCUT2D eigenvalue weighted by Crippen LogP contribution is -2.67. The van der Waals surface area contributed by atoms with Crippen LogP contribution in [0.4, 0.5) is 10.1 Å². The Balaban J connectivity index is 1.91. The van der Waals surface area contributed by atoms with E-state index in [9.17, 15) is 4.39 Å². The van der Waals surface area contributed by atoms with Crippen molar-refractivity contribution in [1.29, 1.82) is 0 Å². The average Bonchev–Trinajstić information content (AvgIpc) is 2.52. The molecule has 2 aliphatic rings. The fraction of sp³-hybridized carbons (Fsp3) is 0.667. The molecule has 1 saturated heterocycles. The summed E-state index contributed by atoms with van der Waals surface area (Å²) in [5, 5.41) is 12.8. The molecule has 2 fully saturated rings. The van der Waals surface area contributed by atoms with Gasteiger partial charge in [-0.2, -0.15) is 0 Å². The number of aliphatic hydroxyl groups excluding tert-OH is 1. The molecule has 1 aromatic rings. The van der Waals surface area contributed by atoms with Gasteiger partial charge in [0.25, 0.3) is 0 Å². The third kappa shape index (κ3) is 3.63. The van der Waals surface area contributed by atoms with Gasteiger partial charge < -0.3 is 20.1 Å². The SMILES string of the molecule is CC1(C)CN(c2cc(F)c(OCCO)c(Cl)c2)[C@H]2CCCC[C@H]2N1. The van der Waals surface area contributed by atoms with Crippen LogP contribution in [-0.2, 0) is 0 Å². The van der Waals surface area contributed by atoms with Gasteiger partial charge in [-0.25, -0.2) is 4.39 Å². The molecule has 6 heteroatoms. The molecule has 1 aromatic carbocycles. The highest BCUT2D eigenvalue weighted by Crippen LogP contribution is 2.38. The van der Waals surface area contributed by atoms with Gasteiger partial charge in [0.2, 0.25) is 0 Å². The summed E-state index contributed by atoms with van der Waals surface area (Å²) < 4.78 is 19.7. The van der Waals surface area contributed by atoms with Crippen LogP contribution in [-0.4, -0.2) is 42.5 Å². The third-order valence-electron chi connectivity index (χ3n) is 4.92. The van der Waals surface area contributed by atoms with Crippen molar-refractivity contribution in [2.75, 3.05) is 24.7 Å². The first kappa shape index (κ1) is 17.8. The van der Waals surface area contributed by atoms with Gasteiger partial charge in [-0.05, 0) is 32.8 Å². The Labute approximate surface area is 147 Å². The Morgan fingerprint density at radius 3 is 2.83 bits per heavy atom. The number of hydrogen-bond acceptors (Lipinski definition) is 4. The monoisotopic (exact) mass is 356 g/mol. The van der Waals surface area contributed by atoms with E-state index in [2.05, 4.69) is 24.1 Å². The van der Waals surface area contributed by atoms with Crippen LogP contribution in [0.25, 0.3) is 0 Å². The smallest absolute Gasteiger partial charge is 0.173 e. The minimum atomic E-state index is -0.477. The molecule has 0 amide bonds. The number of hydrogen-bond donors (Lipinski definition) is 2. The zero-order chi connectivity index (χ0) is 17.3. The van der Waals surface area contributed by atoms with E-state index in [1.165, 1.54) is 18.9 Å². The standard InChI is InChI=1S/C18H26ClFN2O2/c1-18(2)11-22(16-6-4-3-5-15(16)21-18)12-9-13(19)17(14(20)10-12)24-8-7-23/h9-10,15-16,21,23H,3-8,11H2,1-2H3/t15-,16+/m1/s1. The van der Waals surface area contributed by atoms with E-state index >= 15 is 0 Å². The van der Waals surface area contributed by atoms with E-state index in [1.54, 1.807) is 6.07 Å². The fourth-order valence-corrected chi connectivity index (χ4v) is 4.28. The lowest BCUT2D eigenvalue weighted by atomic mass is 9.83. The topological polar surface area (TPSA) is 44.7 Å². The van der Waals surface area contributed by atoms with Gasteiger partial charge in [0, 0.05) is 35.9 Å². The summed E-state index contributed by atoms with van der Waals surface area (Å²) in [7, 11) is 0. The fourth-order valence-electron chi connectivity index (χ4n) is 4.02. The quantitative estimate of drug-likeness (QED) is 0.868. The van der Waals surface area contributed by atoms with Crippen molar-refractivity contribution < 1.29 is 14.2 Å². The summed E-state index contributed by atoms with van der Waals surface area (Å²) in [5.41, 5.74) is 0.772. The Bertz CT molecular complexity index is 573. The van der Waals surface area contributed by atoms with Crippen molar-refractivity contribution >= 4 is 17.3 Å². The van der Waals surface area contributed by atoms with Crippen molar-refractivity contribution in [3.63, 3.8) is 0 Å². The van der Waals surface area contributed by atoms with Crippen LogP contribution in [0.3, 0.4) is 0 Å². The number of rotatable bonds is 4. The molecule has 24 heavy (non-hydrogen) atoms. The van der Waals surface area contributed by atoms with Gasteiger partial charge in [0.15, 0.2) is 11.6 Å². The summed E-state index contributed by atoms with van der Waals surface area (Å²) in [4.78, 5) is 2.30. The van der Waals surface area contributed by atoms with Gasteiger partial charge in [0.05, 0.1) is 11.6 Å². The normalized spacial score (nSPS) is 26.1. The van der Waals surface area contributed by atoms with Crippen LogP contribution in [0.1, 0.15) is 39.5 Å². The molecule has 3 rings (SSSR count). The van der Waals surface area contributed by atoms with E-state index in [0.29, 0.717) is 12.1 Å². The summed E-state index contributed by atoms with van der Waals surface area (Å²) in [6.45, 7) is 5.03. The zero-order valence-corrected chi connectivity index (χ0v) is 15.1. The molecule has 1 aliphatic carbocycles. The van der Waals surface area contributed by atoms with Crippen LogP contribution >= 0.6 is 11.6 Å². The van der Waals surface area contributed by atoms with Gasteiger partial charge in [-0.3, -0.25) is 0 Å². The summed E-state index contributed by atoms with van der Waals surface area (Å²) in [6, 6.07) is 4.08. The first-order valence-corrected chi connectivity index (χ1v) is 9.06. The Morgan fingerprint density at radius 2 is 2.12 bits per heavy atom. The Hall–Kier alpha value is -1.04.